The zero-order valence-corrected chi connectivity index (χ0v) is 12.3. The minimum absolute atomic E-state index is 0.0587. The summed E-state index contributed by atoms with van der Waals surface area (Å²) < 4.78 is 9.92. The lowest BCUT2D eigenvalue weighted by Gasteiger charge is -2.05. The average molecular weight is 299 g/mol. The van der Waals surface area contributed by atoms with Crippen molar-refractivity contribution in [2.75, 3.05) is 13.2 Å². The van der Waals surface area contributed by atoms with Crippen LogP contribution in [-0.4, -0.2) is 25.2 Å². The van der Waals surface area contributed by atoms with Crippen LogP contribution in [0.25, 0.3) is 0 Å². The summed E-state index contributed by atoms with van der Waals surface area (Å²) in [5, 5.41) is 0.677. The van der Waals surface area contributed by atoms with E-state index < -0.39 is 0 Å². The molecule has 20 heavy (non-hydrogen) atoms. The van der Waals surface area contributed by atoms with Gasteiger partial charge in [0.25, 0.3) is 0 Å². The van der Waals surface area contributed by atoms with Crippen molar-refractivity contribution in [2.45, 2.75) is 32.6 Å². The van der Waals surface area contributed by atoms with Crippen molar-refractivity contribution in [1.29, 1.82) is 0 Å². The number of carbonyl (C=O) groups is 2. The van der Waals surface area contributed by atoms with Crippen LogP contribution in [0.1, 0.15) is 31.7 Å². The number of rotatable bonds is 8. The lowest BCUT2D eigenvalue weighted by atomic mass is 10.2. The third-order valence-electron chi connectivity index (χ3n) is 2.57. The molecule has 4 nitrogen and oxygen atoms in total. The van der Waals surface area contributed by atoms with Crippen LogP contribution in [-0.2, 0) is 25.5 Å². The Kier molecular flexibility index (Phi) is 7.73. The van der Waals surface area contributed by atoms with Gasteiger partial charge >= 0.3 is 11.9 Å². The molecule has 0 N–H and O–H groups in total. The molecule has 1 aromatic carbocycles. The Morgan fingerprint density at radius 1 is 1.00 bits per heavy atom. The highest BCUT2D eigenvalue weighted by Crippen LogP contribution is 2.10. The van der Waals surface area contributed by atoms with E-state index in [4.69, 9.17) is 21.1 Å². The Balaban J connectivity index is 2.14. The van der Waals surface area contributed by atoms with Gasteiger partial charge in [0.2, 0.25) is 0 Å². The summed E-state index contributed by atoms with van der Waals surface area (Å²) in [5.41, 5.74) is 1.05. The number of halogens is 1. The first-order valence-electron chi connectivity index (χ1n) is 6.67. The minimum Gasteiger partial charge on any atom is -0.466 e. The molecule has 5 heteroatoms. The standard InChI is InChI=1S/C15H19ClO4/c1-2-10-19-14(17)7-8-15(18)20-11-9-12-3-5-13(16)6-4-12/h3-6H,2,7-11H2,1H3. The van der Waals surface area contributed by atoms with Crippen LogP contribution in [0.5, 0.6) is 0 Å². The van der Waals surface area contributed by atoms with E-state index >= 15 is 0 Å². The third kappa shape index (κ3) is 7.14. The zero-order chi connectivity index (χ0) is 14.8. The second-order valence-electron chi connectivity index (χ2n) is 4.32. The van der Waals surface area contributed by atoms with Crippen LogP contribution in [0.2, 0.25) is 5.02 Å². The molecule has 0 bridgehead atoms. The molecule has 1 aromatic rings. The Labute approximate surface area is 124 Å². The van der Waals surface area contributed by atoms with Crippen LogP contribution in [0, 0.1) is 0 Å². The van der Waals surface area contributed by atoms with E-state index in [2.05, 4.69) is 0 Å². The topological polar surface area (TPSA) is 52.6 Å². The summed E-state index contributed by atoms with van der Waals surface area (Å²) in [6.07, 6.45) is 1.53. The van der Waals surface area contributed by atoms with Gasteiger partial charge in [-0.3, -0.25) is 9.59 Å². The monoisotopic (exact) mass is 298 g/mol. The van der Waals surface area contributed by atoms with Crippen molar-refractivity contribution >= 4 is 23.5 Å². The first-order chi connectivity index (χ1) is 9.61. The maximum absolute atomic E-state index is 11.4. The van der Waals surface area contributed by atoms with Gasteiger partial charge < -0.3 is 9.47 Å². The van der Waals surface area contributed by atoms with E-state index in [1.165, 1.54) is 0 Å². The highest BCUT2D eigenvalue weighted by atomic mass is 35.5. The van der Waals surface area contributed by atoms with Gasteiger partial charge in [0, 0.05) is 11.4 Å². The van der Waals surface area contributed by atoms with Crippen molar-refractivity contribution in [3.63, 3.8) is 0 Å². The molecule has 0 aliphatic carbocycles. The van der Waals surface area contributed by atoms with Gasteiger partial charge in [-0.25, -0.2) is 0 Å². The fraction of sp³-hybridized carbons (Fsp3) is 0.467. The van der Waals surface area contributed by atoms with Crippen LogP contribution < -0.4 is 0 Å². The molecule has 0 saturated carbocycles. The zero-order valence-electron chi connectivity index (χ0n) is 11.6. The van der Waals surface area contributed by atoms with Gasteiger partial charge in [0.15, 0.2) is 0 Å². The van der Waals surface area contributed by atoms with Gasteiger partial charge in [-0.2, -0.15) is 0 Å². The molecule has 0 aromatic heterocycles. The largest absolute Gasteiger partial charge is 0.466 e. The first-order valence-corrected chi connectivity index (χ1v) is 7.05. The van der Waals surface area contributed by atoms with Gasteiger partial charge in [-0.1, -0.05) is 30.7 Å². The number of ether oxygens (including phenoxy) is 2. The van der Waals surface area contributed by atoms with Gasteiger partial charge in [-0.15, -0.1) is 0 Å². The third-order valence-corrected chi connectivity index (χ3v) is 2.82. The second-order valence-corrected chi connectivity index (χ2v) is 4.75. The molecule has 0 heterocycles. The van der Waals surface area contributed by atoms with Crippen molar-refractivity contribution in [2.24, 2.45) is 0 Å². The summed E-state index contributed by atoms with van der Waals surface area (Å²) in [7, 11) is 0. The molecule has 0 aliphatic rings. The molecule has 0 spiro atoms. The molecule has 0 fully saturated rings. The SMILES string of the molecule is CCCOC(=O)CCC(=O)OCCc1ccc(Cl)cc1. The predicted molar refractivity (Wildman–Crippen MR) is 76.6 cm³/mol. The van der Waals surface area contributed by atoms with E-state index in [0.717, 1.165) is 12.0 Å². The molecule has 0 saturated heterocycles. The predicted octanol–water partition coefficient (Wildman–Crippen LogP) is 3.16. The Morgan fingerprint density at radius 3 is 2.10 bits per heavy atom. The van der Waals surface area contributed by atoms with Crippen LogP contribution in [0.3, 0.4) is 0 Å². The van der Waals surface area contributed by atoms with Crippen molar-refractivity contribution in [1.82, 2.24) is 0 Å². The number of hydrogen-bond acceptors (Lipinski definition) is 4. The fourth-order valence-electron chi connectivity index (χ4n) is 1.50. The molecule has 1 rings (SSSR count). The Morgan fingerprint density at radius 2 is 1.55 bits per heavy atom. The summed E-state index contributed by atoms with van der Waals surface area (Å²) in [5.74, 6) is -0.742. The molecular formula is C15H19ClO4. The highest BCUT2D eigenvalue weighted by molar-refractivity contribution is 6.30. The maximum Gasteiger partial charge on any atom is 0.306 e. The van der Waals surface area contributed by atoms with Gasteiger partial charge in [-0.05, 0) is 24.1 Å². The molecule has 110 valence electrons. The van der Waals surface area contributed by atoms with E-state index in [0.29, 0.717) is 24.7 Å². The van der Waals surface area contributed by atoms with Crippen molar-refractivity contribution in [3.05, 3.63) is 34.9 Å². The molecule has 0 unspecified atom stereocenters. The summed E-state index contributed by atoms with van der Waals surface area (Å²) >= 11 is 5.77. The molecule has 0 aliphatic heterocycles. The Hall–Kier alpha value is -1.55. The van der Waals surface area contributed by atoms with E-state index in [-0.39, 0.29) is 24.8 Å². The van der Waals surface area contributed by atoms with Crippen LogP contribution in [0.4, 0.5) is 0 Å². The second kappa shape index (κ2) is 9.37. The molecular weight excluding hydrogens is 280 g/mol. The van der Waals surface area contributed by atoms with E-state index in [1.807, 2.05) is 19.1 Å². The van der Waals surface area contributed by atoms with E-state index in [9.17, 15) is 9.59 Å². The summed E-state index contributed by atoms with van der Waals surface area (Å²) in [6.45, 7) is 2.60. The molecule has 0 amide bonds. The van der Waals surface area contributed by atoms with E-state index in [1.54, 1.807) is 12.1 Å². The first kappa shape index (κ1) is 16.5. The number of benzene rings is 1. The molecule has 0 radical (unpaired) electrons. The molecule has 0 atom stereocenters. The quantitative estimate of drug-likeness (QED) is 0.692. The highest BCUT2D eigenvalue weighted by Gasteiger charge is 2.08. The fourth-order valence-corrected chi connectivity index (χ4v) is 1.62. The smallest absolute Gasteiger partial charge is 0.306 e. The lowest BCUT2D eigenvalue weighted by molar-refractivity contribution is -0.150. The van der Waals surface area contributed by atoms with Gasteiger partial charge in [0.05, 0.1) is 26.1 Å². The van der Waals surface area contributed by atoms with Crippen LogP contribution >= 0.6 is 11.6 Å². The number of esters is 2. The average Bonchev–Trinajstić information content (AvgIpc) is 2.45. The normalized spacial score (nSPS) is 10.1. The van der Waals surface area contributed by atoms with Crippen molar-refractivity contribution < 1.29 is 19.1 Å². The minimum atomic E-state index is -0.382. The lowest BCUT2D eigenvalue weighted by Crippen LogP contribution is -2.12. The Bertz CT molecular complexity index is 428. The summed E-state index contributed by atoms with van der Waals surface area (Å²) in [4.78, 5) is 22.6. The van der Waals surface area contributed by atoms with Crippen LogP contribution in [0.15, 0.2) is 24.3 Å². The number of carbonyl (C=O) groups excluding carboxylic acids is 2. The van der Waals surface area contributed by atoms with Crippen molar-refractivity contribution in [3.8, 4) is 0 Å². The summed E-state index contributed by atoms with van der Waals surface area (Å²) in [6, 6.07) is 7.36. The maximum atomic E-state index is 11.4. The number of hydrogen-bond donors (Lipinski definition) is 0. The van der Waals surface area contributed by atoms with Gasteiger partial charge in [0.1, 0.15) is 0 Å².